The first kappa shape index (κ1) is 13.8. The van der Waals surface area contributed by atoms with Gasteiger partial charge in [0.1, 0.15) is 0 Å². The molecule has 7 nitrogen and oxygen atoms in total. The lowest BCUT2D eigenvalue weighted by Crippen LogP contribution is -2.06. The lowest BCUT2D eigenvalue weighted by atomic mass is 10.2. The van der Waals surface area contributed by atoms with Gasteiger partial charge in [-0.3, -0.25) is 9.25 Å². The summed E-state index contributed by atoms with van der Waals surface area (Å²) in [5, 5.41) is 14.4. The van der Waals surface area contributed by atoms with E-state index >= 15 is 0 Å². The van der Waals surface area contributed by atoms with Crippen LogP contribution in [0.5, 0.6) is 5.88 Å². The number of fused-ring (bicyclic) bond motifs is 1. The third-order valence-corrected chi connectivity index (χ3v) is 4.13. The molecule has 3 aromatic rings. The molecule has 0 saturated heterocycles. The van der Waals surface area contributed by atoms with Crippen LogP contribution in [0.4, 0.5) is 0 Å². The Kier molecular flexibility index (Phi) is 3.25. The second kappa shape index (κ2) is 4.96. The maximum Gasteiger partial charge on any atom is 0.356 e. The van der Waals surface area contributed by atoms with Crippen LogP contribution in [0.25, 0.3) is 10.9 Å². The molecule has 3 N–H and O–H groups in total. The Morgan fingerprint density at radius 3 is 2.52 bits per heavy atom. The largest absolute Gasteiger partial charge is 0.493 e. The number of nitrogens with zero attached hydrogens (tertiary/aromatic N) is 3. The minimum Gasteiger partial charge on any atom is -0.493 e. The van der Waals surface area contributed by atoms with Gasteiger partial charge >= 0.3 is 7.60 Å². The van der Waals surface area contributed by atoms with Gasteiger partial charge in [-0.15, -0.1) is 0 Å². The van der Waals surface area contributed by atoms with Gasteiger partial charge in [0.15, 0.2) is 0 Å². The highest BCUT2D eigenvalue weighted by atomic mass is 31.2. The van der Waals surface area contributed by atoms with E-state index in [0.29, 0.717) is 11.9 Å². The molecule has 0 spiro atoms. The molecule has 3 rings (SSSR count). The van der Waals surface area contributed by atoms with Gasteiger partial charge in [0.25, 0.3) is 0 Å². The van der Waals surface area contributed by atoms with Crippen molar-refractivity contribution in [2.24, 2.45) is 0 Å². The van der Waals surface area contributed by atoms with Gasteiger partial charge in [-0.2, -0.15) is 5.10 Å². The molecule has 0 aliphatic carbocycles. The van der Waals surface area contributed by atoms with Crippen LogP contribution in [-0.2, 0) is 11.1 Å². The summed E-state index contributed by atoms with van der Waals surface area (Å²) in [6.07, 6.45) is 3.02. The van der Waals surface area contributed by atoms with Gasteiger partial charge in [-0.25, -0.2) is 4.98 Å². The summed E-state index contributed by atoms with van der Waals surface area (Å²) in [5.74, 6) is -0.0735. The predicted molar refractivity (Wildman–Crippen MR) is 76.4 cm³/mol. The van der Waals surface area contributed by atoms with E-state index < -0.39 is 7.60 Å². The Balaban J connectivity index is 1.92. The fourth-order valence-corrected chi connectivity index (χ4v) is 2.62. The minimum atomic E-state index is -4.22. The quantitative estimate of drug-likeness (QED) is 0.623. The van der Waals surface area contributed by atoms with Crippen molar-refractivity contribution in [3.05, 3.63) is 48.3 Å². The molecule has 2 aromatic heterocycles. The highest BCUT2D eigenvalue weighted by molar-refractivity contribution is 7.60. The standard InChI is InChI=1S/C13H12N3O4P/c17-13-11-7-15-16(12(11)5-6-14-13)8-9-1-3-10(4-2-9)21(18,19)20/h1-7H,8H2,(H,14,17)(H2,18,19,20). The van der Waals surface area contributed by atoms with Gasteiger partial charge in [0, 0.05) is 6.20 Å². The van der Waals surface area contributed by atoms with Gasteiger partial charge in [-0.1, -0.05) is 12.1 Å². The van der Waals surface area contributed by atoms with Crippen molar-refractivity contribution >= 4 is 23.8 Å². The van der Waals surface area contributed by atoms with E-state index in [0.717, 1.165) is 11.1 Å². The lowest BCUT2D eigenvalue weighted by molar-refractivity contribution is 0.387. The van der Waals surface area contributed by atoms with E-state index in [1.807, 2.05) is 0 Å². The van der Waals surface area contributed by atoms with Crippen LogP contribution in [0.2, 0.25) is 0 Å². The minimum absolute atomic E-state index is 0.0154. The molecule has 0 aliphatic heterocycles. The predicted octanol–water partition coefficient (Wildman–Crippen LogP) is 0.988. The summed E-state index contributed by atoms with van der Waals surface area (Å²) in [6.45, 7) is 0.425. The number of pyridine rings is 1. The van der Waals surface area contributed by atoms with Crippen LogP contribution in [-0.4, -0.2) is 29.7 Å². The van der Waals surface area contributed by atoms with Crippen LogP contribution >= 0.6 is 7.60 Å². The fourth-order valence-electron chi connectivity index (χ4n) is 2.09. The maximum absolute atomic E-state index is 11.1. The topological polar surface area (TPSA) is 108 Å². The number of hydrogen-bond acceptors (Lipinski definition) is 4. The maximum atomic E-state index is 11.1. The lowest BCUT2D eigenvalue weighted by Gasteiger charge is -2.07. The van der Waals surface area contributed by atoms with E-state index in [2.05, 4.69) is 10.1 Å². The van der Waals surface area contributed by atoms with Crippen molar-refractivity contribution in [2.45, 2.75) is 6.54 Å². The summed E-state index contributed by atoms with van der Waals surface area (Å²) in [4.78, 5) is 21.9. The first-order valence-corrected chi connectivity index (χ1v) is 7.71. The normalized spacial score (nSPS) is 11.9. The summed E-state index contributed by atoms with van der Waals surface area (Å²) < 4.78 is 12.8. The molecule has 0 atom stereocenters. The Morgan fingerprint density at radius 1 is 1.14 bits per heavy atom. The Morgan fingerprint density at radius 2 is 1.86 bits per heavy atom. The summed E-state index contributed by atoms with van der Waals surface area (Å²) in [6, 6.07) is 7.83. The van der Waals surface area contributed by atoms with E-state index in [4.69, 9.17) is 9.79 Å². The van der Waals surface area contributed by atoms with Gasteiger partial charge in [-0.05, 0) is 23.8 Å². The number of hydrogen-bond donors (Lipinski definition) is 3. The van der Waals surface area contributed by atoms with Crippen LogP contribution in [0.15, 0.2) is 42.7 Å². The second-order valence-corrected chi connectivity index (χ2v) is 6.18. The number of rotatable bonds is 3. The third kappa shape index (κ3) is 2.67. The second-order valence-electron chi connectivity index (χ2n) is 4.58. The zero-order valence-corrected chi connectivity index (χ0v) is 11.7. The monoisotopic (exact) mass is 305 g/mol. The summed E-state index contributed by atoms with van der Waals surface area (Å²) in [7, 11) is -4.22. The molecule has 0 unspecified atom stereocenters. The molecule has 0 aliphatic rings. The molecule has 0 fully saturated rings. The van der Waals surface area contributed by atoms with Crippen LogP contribution < -0.4 is 5.30 Å². The SMILES string of the molecule is O=P(O)(O)c1ccc(Cn2ncc3c(O)nccc32)cc1. The fraction of sp³-hybridized carbons (Fsp3) is 0.0769. The van der Waals surface area contributed by atoms with Crippen molar-refractivity contribution in [1.82, 2.24) is 14.8 Å². The van der Waals surface area contributed by atoms with Crippen LogP contribution in [0, 0.1) is 0 Å². The molecule has 8 heteroatoms. The molecule has 2 heterocycles. The molecule has 0 saturated carbocycles. The zero-order valence-electron chi connectivity index (χ0n) is 10.8. The molecular weight excluding hydrogens is 293 g/mol. The molecular formula is C13H12N3O4P. The molecule has 21 heavy (non-hydrogen) atoms. The van der Waals surface area contributed by atoms with Crippen molar-refractivity contribution in [2.75, 3.05) is 0 Å². The van der Waals surface area contributed by atoms with Crippen molar-refractivity contribution in [3.63, 3.8) is 0 Å². The van der Waals surface area contributed by atoms with E-state index in [1.165, 1.54) is 24.5 Å². The number of aromatic nitrogens is 3. The average molecular weight is 305 g/mol. The van der Waals surface area contributed by atoms with E-state index in [-0.39, 0.29) is 11.2 Å². The Hall–Kier alpha value is -2.21. The average Bonchev–Trinajstić information content (AvgIpc) is 2.83. The Bertz CT molecular complexity index is 838. The number of benzene rings is 1. The van der Waals surface area contributed by atoms with Gasteiger partial charge in [0.05, 0.1) is 28.9 Å². The number of aromatic hydroxyl groups is 1. The van der Waals surface area contributed by atoms with Gasteiger partial charge < -0.3 is 14.9 Å². The molecule has 0 bridgehead atoms. The summed E-state index contributed by atoms with van der Waals surface area (Å²) in [5.41, 5.74) is 1.58. The van der Waals surface area contributed by atoms with Crippen molar-refractivity contribution in [3.8, 4) is 5.88 Å². The third-order valence-electron chi connectivity index (χ3n) is 3.16. The van der Waals surface area contributed by atoms with E-state index in [1.54, 1.807) is 22.9 Å². The van der Waals surface area contributed by atoms with E-state index in [9.17, 15) is 9.67 Å². The first-order valence-electron chi connectivity index (χ1n) is 6.10. The van der Waals surface area contributed by atoms with Crippen LogP contribution in [0.3, 0.4) is 0 Å². The highest BCUT2D eigenvalue weighted by Crippen LogP contribution is 2.32. The molecule has 108 valence electrons. The molecule has 0 amide bonds. The van der Waals surface area contributed by atoms with Crippen molar-refractivity contribution in [1.29, 1.82) is 0 Å². The smallest absolute Gasteiger partial charge is 0.356 e. The first-order chi connectivity index (χ1) is 9.95. The molecule has 0 radical (unpaired) electrons. The highest BCUT2D eigenvalue weighted by Gasteiger charge is 2.16. The van der Waals surface area contributed by atoms with Crippen LogP contribution in [0.1, 0.15) is 5.56 Å². The molecule has 1 aromatic carbocycles. The van der Waals surface area contributed by atoms with Crippen molar-refractivity contribution < 1.29 is 19.5 Å². The summed E-state index contributed by atoms with van der Waals surface area (Å²) >= 11 is 0. The van der Waals surface area contributed by atoms with Gasteiger partial charge in [0.2, 0.25) is 5.88 Å². The zero-order chi connectivity index (χ0) is 15.0. The Labute approximate surface area is 119 Å².